The summed E-state index contributed by atoms with van der Waals surface area (Å²) < 4.78 is 0. The van der Waals surface area contributed by atoms with Gasteiger partial charge in [0.05, 0.1) is 6.07 Å². The predicted molar refractivity (Wildman–Crippen MR) is 71.4 cm³/mol. The van der Waals surface area contributed by atoms with Gasteiger partial charge >= 0.3 is 0 Å². The van der Waals surface area contributed by atoms with Crippen LogP contribution in [0.5, 0.6) is 0 Å². The fourth-order valence-corrected chi connectivity index (χ4v) is 2.27. The van der Waals surface area contributed by atoms with Gasteiger partial charge < -0.3 is 9.80 Å². The summed E-state index contributed by atoms with van der Waals surface area (Å²) in [6, 6.07) is 10.7. The fourth-order valence-electron chi connectivity index (χ4n) is 2.27. The number of anilines is 2. The summed E-state index contributed by atoms with van der Waals surface area (Å²) in [7, 11) is 1.94. The number of benzene rings is 1. The van der Waals surface area contributed by atoms with Crippen molar-refractivity contribution in [1.29, 1.82) is 5.26 Å². The van der Waals surface area contributed by atoms with Crippen molar-refractivity contribution < 1.29 is 0 Å². The summed E-state index contributed by atoms with van der Waals surface area (Å²) in [5, 5.41) is 8.66. The van der Waals surface area contributed by atoms with Gasteiger partial charge in [-0.2, -0.15) is 5.26 Å². The van der Waals surface area contributed by atoms with Crippen molar-refractivity contribution in [2.45, 2.75) is 19.3 Å². The van der Waals surface area contributed by atoms with Gasteiger partial charge in [-0.3, -0.25) is 0 Å². The quantitative estimate of drug-likeness (QED) is 0.746. The zero-order valence-corrected chi connectivity index (χ0v) is 10.4. The molecule has 0 saturated carbocycles. The molecule has 0 amide bonds. The lowest BCUT2D eigenvalue weighted by Gasteiger charge is -2.29. The average molecular weight is 229 g/mol. The van der Waals surface area contributed by atoms with E-state index in [-0.39, 0.29) is 0 Å². The highest BCUT2D eigenvalue weighted by Crippen LogP contribution is 2.22. The number of piperidine rings is 1. The highest BCUT2D eigenvalue weighted by molar-refractivity contribution is 5.56. The van der Waals surface area contributed by atoms with Crippen LogP contribution in [0, 0.1) is 11.3 Å². The zero-order valence-electron chi connectivity index (χ0n) is 10.4. The van der Waals surface area contributed by atoms with E-state index in [1.807, 2.05) is 11.9 Å². The van der Waals surface area contributed by atoms with Gasteiger partial charge in [0.25, 0.3) is 0 Å². The third-order valence-corrected chi connectivity index (χ3v) is 3.32. The van der Waals surface area contributed by atoms with Crippen LogP contribution in [-0.4, -0.2) is 26.7 Å². The second-order valence-electron chi connectivity index (χ2n) is 4.58. The largest absolute Gasteiger partial charge is 0.372 e. The van der Waals surface area contributed by atoms with Gasteiger partial charge in [0.2, 0.25) is 0 Å². The lowest BCUT2D eigenvalue weighted by Crippen LogP contribution is -2.29. The minimum Gasteiger partial charge on any atom is -0.372 e. The Morgan fingerprint density at radius 2 is 1.82 bits per heavy atom. The molecule has 0 N–H and O–H groups in total. The SMILES string of the molecule is CN(CC#N)c1ccc(N2CCCCC2)cc1. The third kappa shape index (κ3) is 2.91. The molecule has 1 saturated heterocycles. The number of hydrogen-bond acceptors (Lipinski definition) is 3. The molecule has 1 aliphatic rings. The molecule has 0 bridgehead atoms. The van der Waals surface area contributed by atoms with Crippen LogP contribution in [0.25, 0.3) is 0 Å². The van der Waals surface area contributed by atoms with Gasteiger partial charge in [0, 0.05) is 31.5 Å². The molecule has 17 heavy (non-hydrogen) atoms. The van der Waals surface area contributed by atoms with Crippen LogP contribution in [0.15, 0.2) is 24.3 Å². The van der Waals surface area contributed by atoms with Crippen molar-refractivity contribution in [1.82, 2.24) is 0 Å². The van der Waals surface area contributed by atoms with Crippen molar-refractivity contribution in [2.75, 3.05) is 36.5 Å². The van der Waals surface area contributed by atoms with E-state index in [0.29, 0.717) is 6.54 Å². The highest BCUT2D eigenvalue weighted by atomic mass is 15.1. The summed E-state index contributed by atoms with van der Waals surface area (Å²) >= 11 is 0. The Balaban J connectivity index is 2.04. The summed E-state index contributed by atoms with van der Waals surface area (Å²) in [5.41, 5.74) is 2.41. The minimum atomic E-state index is 0.434. The van der Waals surface area contributed by atoms with E-state index in [4.69, 9.17) is 5.26 Å². The smallest absolute Gasteiger partial charge is 0.105 e. The van der Waals surface area contributed by atoms with Crippen LogP contribution in [-0.2, 0) is 0 Å². The molecule has 1 fully saturated rings. The van der Waals surface area contributed by atoms with E-state index in [9.17, 15) is 0 Å². The summed E-state index contributed by atoms with van der Waals surface area (Å²) in [5.74, 6) is 0. The van der Waals surface area contributed by atoms with Crippen LogP contribution < -0.4 is 9.80 Å². The normalized spacial score (nSPS) is 15.4. The maximum atomic E-state index is 8.66. The fraction of sp³-hybridized carbons (Fsp3) is 0.500. The molecule has 1 aromatic carbocycles. The molecule has 0 atom stereocenters. The first-order valence-corrected chi connectivity index (χ1v) is 6.24. The molecule has 0 aromatic heterocycles. The molecule has 2 rings (SSSR count). The Hall–Kier alpha value is -1.69. The maximum absolute atomic E-state index is 8.66. The molecular formula is C14H19N3. The van der Waals surface area contributed by atoms with Gasteiger partial charge in [-0.15, -0.1) is 0 Å². The van der Waals surface area contributed by atoms with Gasteiger partial charge in [-0.25, -0.2) is 0 Å². The second-order valence-corrected chi connectivity index (χ2v) is 4.58. The first-order chi connectivity index (χ1) is 8.31. The van der Waals surface area contributed by atoms with Crippen LogP contribution in [0.3, 0.4) is 0 Å². The maximum Gasteiger partial charge on any atom is 0.105 e. The molecule has 0 unspecified atom stereocenters. The molecule has 90 valence electrons. The molecular weight excluding hydrogens is 210 g/mol. The van der Waals surface area contributed by atoms with Crippen molar-refractivity contribution in [3.05, 3.63) is 24.3 Å². The van der Waals surface area contributed by atoms with E-state index in [1.165, 1.54) is 38.0 Å². The molecule has 0 aliphatic carbocycles. The standard InChI is InChI=1S/C14H19N3/c1-16(12-9-15)13-5-7-14(8-6-13)17-10-3-2-4-11-17/h5-8H,2-4,10-12H2,1H3. The number of nitriles is 1. The van der Waals surface area contributed by atoms with E-state index < -0.39 is 0 Å². The topological polar surface area (TPSA) is 30.3 Å². The predicted octanol–water partition coefficient (Wildman–Crippen LogP) is 2.64. The first-order valence-electron chi connectivity index (χ1n) is 6.24. The Kier molecular flexibility index (Phi) is 3.87. The third-order valence-electron chi connectivity index (χ3n) is 3.32. The van der Waals surface area contributed by atoms with Crippen molar-refractivity contribution >= 4 is 11.4 Å². The van der Waals surface area contributed by atoms with Gasteiger partial charge in [0.1, 0.15) is 6.54 Å². The number of rotatable bonds is 3. The number of hydrogen-bond donors (Lipinski definition) is 0. The zero-order chi connectivity index (χ0) is 12.1. The van der Waals surface area contributed by atoms with E-state index in [2.05, 4.69) is 35.2 Å². The van der Waals surface area contributed by atoms with Crippen molar-refractivity contribution in [3.8, 4) is 6.07 Å². The molecule has 3 heteroatoms. The Morgan fingerprint density at radius 1 is 1.18 bits per heavy atom. The molecule has 1 aromatic rings. The van der Waals surface area contributed by atoms with Crippen molar-refractivity contribution in [2.24, 2.45) is 0 Å². The molecule has 0 spiro atoms. The van der Waals surface area contributed by atoms with E-state index in [1.54, 1.807) is 0 Å². The average Bonchev–Trinajstić information content (AvgIpc) is 2.40. The first kappa shape index (κ1) is 11.8. The molecule has 1 aliphatic heterocycles. The van der Waals surface area contributed by atoms with Crippen LogP contribution in [0.4, 0.5) is 11.4 Å². The lowest BCUT2D eigenvalue weighted by molar-refractivity contribution is 0.578. The van der Waals surface area contributed by atoms with E-state index >= 15 is 0 Å². The van der Waals surface area contributed by atoms with Crippen molar-refractivity contribution in [3.63, 3.8) is 0 Å². The van der Waals surface area contributed by atoms with Crippen LogP contribution in [0.2, 0.25) is 0 Å². The summed E-state index contributed by atoms with van der Waals surface area (Å²) in [4.78, 5) is 4.40. The van der Waals surface area contributed by atoms with Gasteiger partial charge in [-0.05, 0) is 43.5 Å². The van der Waals surface area contributed by atoms with Crippen LogP contribution in [0.1, 0.15) is 19.3 Å². The summed E-state index contributed by atoms with van der Waals surface area (Å²) in [6.45, 7) is 2.78. The Labute approximate surface area is 103 Å². The number of nitrogens with zero attached hydrogens (tertiary/aromatic N) is 3. The van der Waals surface area contributed by atoms with Crippen LogP contribution >= 0.6 is 0 Å². The van der Waals surface area contributed by atoms with Gasteiger partial charge in [0.15, 0.2) is 0 Å². The molecule has 0 radical (unpaired) electrons. The lowest BCUT2D eigenvalue weighted by atomic mass is 10.1. The Morgan fingerprint density at radius 3 is 2.41 bits per heavy atom. The Bertz CT molecular complexity index is 385. The second kappa shape index (κ2) is 5.58. The summed E-state index contributed by atoms with van der Waals surface area (Å²) in [6.07, 6.45) is 3.96. The molecule has 1 heterocycles. The monoisotopic (exact) mass is 229 g/mol. The van der Waals surface area contributed by atoms with Gasteiger partial charge in [-0.1, -0.05) is 0 Å². The minimum absolute atomic E-state index is 0.434. The van der Waals surface area contributed by atoms with E-state index in [0.717, 1.165) is 5.69 Å². The molecule has 3 nitrogen and oxygen atoms in total. The highest BCUT2D eigenvalue weighted by Gasteiger charge is 2.10.